The number of carbonyl (C=O) groups is 1. The molecule has 0 aliphatic carbocycles. The van der Waals surface area contributed by atoms with Crippen LogP contribution in [0, 0.1) is 12.7 Å². The number of thiazole rings is 1. The molecule has 0 radical (unpaired) electrons. The van der Waals surface area contributed by atoms with Gasteiger partial charge in [0, 0.05) is 24.7 Å². The highest BCUT2D eigenvalue weighted by Gasteiger charge is 2.11. The van der Waals surface area contributed by atoms with E-state index in [0.717, 1.165) is 10.9 Å². The number of hydrogen-bond acceptors (Lipinski definition) is 3. The third kappa shape index (κ3) is 4.00. The number of halogens is 2. The van der Waals surface area contributed by atoms with Crippen molar-refractivity contribution in [2.45, 2.75) is 13.5 Å². The summed E-state index contributed by atoms with van der Waals surface area (Å²) in [6.45, 7) is 3.06. The lowest BCUT2D eigenvalue weighted by Crippen LogP contribution is -2.18. The van der Waals surface area contributed by atoms with Crippen LogP contribution >= 0.6 is 22.9 Å². The van der Waals surface area contributed by atoms with Gasteiger partial charge in [-0.25, -0.2) is 4.39 Å². The lowest BCUT2D eigenvalue weighted by molar-refractivity contribution is 0.0997. The Morgan fingerprint density at radius 2 is 2.29 bits per heavy atom. The zero-order valence-electron chi connectivity index (χ0n) is 11.6. The molecule has 2 aromatic rings. The van der Waals surface area contributed by atoms with Gasteiger partial charge in [0.2, 0.25) is 0 Å². The molecule has 7 heteroatoms. The maximum Gasteiger partial charge on any atom is 0.281 e. The number of aryl methyl sites for hydroxylation is 1. The minimum Gasteiger partial charge on any atom is -0.383 e. The van der Waals surface area contributed by atoms with Crippen molar-refractivity contribution in [3.8, 4) is 0 Å². The number of methoxy groups -OCH3 is 1. The molecule has 1 amide bonds. The number of carbonyl (C=O) groups excluding carboxylic acids is 1. The minimum atomic E-state index is -0.493. The van der Waals surface area contributed by atoms with Crippen LogP contribution in [0.2, 0.25) is 5.02 Å². The van der Waals surface area contributed by atoms with E-state index in [1.165, 1.54) is 23.5 Å². The zero-order valence-corrected chi connectivity index (χ0v) is 13.2. The molecule has 0 N–H and O–H groups in total. The van der Waals surface area contributed by atoms with Gasteiger partial charge >= 0.3 is 0 Å². The predicted molar refractivity (Wildman–Crippen MR) is 80.2 cm³/mol. The van der Waals surface area contributed by atoms with E-state index in [1.807, 2.05) is 17.7 Å². The largest absolute Gasteiger partial charge is 0.383 e. The summed E-state index contributed by atoms with van der Waals surface area (Å²) in [4.78, 5) is 17.8. The summed E-state index contributed by atoms with van der Waals surface area (Å²) in [6.07, 6.45) is 1.90. The van der Waals surface area contributed by atoms with E-state index >= 15 is 0 Å². The maximum absolute atomic E-state index is 13.0. The van der Waals surface area contributed by atoms with Crippen LogP contribution in [-0.4, -0.2) is 24.2 Å². The fraction of sp³-hybridized carbons (Fsp3) is 0.286. The van der Waals surface area contributed by atoms with Crippen LogP contribution in [0.3, 0.4) is 0 Å². The molecule has 0 fully saturated rings. The highest BCUT2D eigenvalue weighted by Crippen LogP contribution is 2.18. The van der Waals surface area contributed by atoms with Crippen molar-refractivity contribution in [3.05, 3.63) is 50.5 Å². The Bertz CT molecular complexity index is 724. The maximum atomic E-state index is 13.0. The quantitative estimate of drug-likeness (QED) is 0.866. The summed E-state index contributed by atoms with van der Waals surface area (Å²) in [5.74, 6) is -0.980. The number of aromatic nitrogens is 1. The fourth-order valence-electron chi connectivity index (χ4n) is 1.75. The molecule has 21 heavy (non-hydrogen) atoms. The molecule has 1 aromatic carbocycles. The van der Waals surface area contributed by atoms with Crippen molar-refractivity contribution >= 4 is 28.8 Å². The van der Waals surface area contributed by atoms with Gasteiger partial charge in [0.1, 0.15) is 5.82 Å². The first kappa shape index (κ1) is 15.9. The van der Waals surface area contributed by atoms with Crippen LogP contribution in [-0.2, 0) is 11.3 Å². The highest BCUT2D eigenvalue weighted by molar-refractivity contribution is 7.09. The van der Waals surface area contributed by atoms with Crippen LogP contribution in [0.15, 0.2) is 29.4 Å². The Kier molecular flexibility index (Phi) is 5.27. The van der Waals surface area contributed by atoms with Crippen LogP contribution in [0.4, 0.5) is 4.39 Å². The molecule has 0 unspecified atom stereocenters. The lowest BCUT2D eigenvalue weighted by Gasteiger charge is -2.02. The number of rotatable bonds is 4. The predicted octanol–water partition coefficient (Wildman–Crippen LogP) is 3.04. The molecule has 0 bridgehead atoms. The second-order valence-electron chi connectivity index (χ2n) is 4.35. The van der Waals surface area contributed by atoms with E-state index in [1.54, 1.807) is 7.11 Å². The van der Waals surface area contributed by atoms with Crippen molar-refractivity contribution in [2.24, 2.45) is 4.99 Å². The molecule has 0 saturated carbocycles. The van der Waals surface area contributed by atoms with E-state index in [-0.39, 0.29) is 10.6 Å². The van der Waals surface area contributed by atoms with Gasteiger partial charge in [-0.05, 0) is 25.1 Å². The smallest absolute Gasteiger partial charge is 0.281 e. The van der Waals surface area contributed by atoms with Gasteiger partial charge in [-0.2, -0.15) is 4.99 Å². The molecular formula is C14H14ClFN2O2S. The molecular weight excluding hydrogens is 315 g/mol. The Balaban J connectivity index is 2.36. The molecule has 0 aliphatic heterocycles. The third-order valence-corrected chi connectivity index (χ3v) is 3.98. The van der Waals surface area contributed by atoms with E-state index < -0.39 is 11.7 Å². The number of ether oxygens (including phenoxy) is 1. The summed E-state index contributed by atoms with van der Waals surface area (Å²) in [5.41, 5.74) is 0.183. The fourth-order valence-corrected chi connectivity index (χ4v) is 2.86. The molecule has 0 atom stereocenters. The second kappa shape index (κ2) is 6.98. The summed E-state index contributed by atoms with van der Waals surface area (Å²) in [5, 5.41) is 0.0560. The topological polar surface area (TPSA) is 43.6 Å². The monoisotopic (exact) mass is 328 g/mol. The third-order valence-electron chi connectivity index (χ3n) is 2.73. The van der Waals surface area contributed by atoms with Crippen LogP contribution < -0.4 is 4.80 Å². The van der Waals surface area contributed by atoms with Crippen LogP contribution in [0.1, 0.15) is 15.2 Å². The number of nitrogens with zero attached hydrogens (tertiary/aromatic N) is 2. The van der Waals surface area contributed by atoms with Crippen molar-refractivity contribution in [1.29, 1.82) is 0 Å². The van der Waals surface area contributed by atoms with Crippen LogP contribution in [0.25, 0.3) is 0 Å². The van der Waals surface area contributed by atoms with Gasteiger partial charge in [-0.3, -0.25) is 4.79 Å². The Labute approximate surface area is 130 Å². The summed E-state index contributed by atoms with van der Waals surface area (Å²) in [7, 11) is 1.61. The Morgan fingerprint density at radius 1 is 1.52 bits per heavy atom. The van der Waals surface area contributed by atoms with Crippen molar-refractivity contribution in [3.63, 3.8) is 0 Å². The second-order valence-corrected chi connectivity index (χ2v) is 5.97. The molecule has 1 heterocycles. The summed E-state index contributed by atoms with van der Waals surface area (Å²) < 4.78 is 19.9. The van der Waals surface area contributed by atoms with E-state index in [0.29, 0.717) is 18.0 Å². The Hall–Kier alpha value is -1.50. The molecule has 0 saturated heterocycles. The average molecular weight is 329 g/mol. The first-order chi connectivity index (χ1) is 10.0. The molecule has 2 rings (SSSR count). The molecule has 0 aliphatic rings. The van der Waals surface area contributed by atoms with E-state index in [2.05, 4.69) is 4.99 Å². The number of benzene rings is 1. The number of hydrogen-bond donors (Lipinski definition) is 0. The van der Waals surface area contributed by atoms with E-state index in [4.69, 9.17) is 16.3 Å². The highest BCUT2D eigenvalue weighted by atomic mass is 35.5. The average Bonchev–Trinajstić information content (AvgIpc) is 2.76. The van der Waals surface area contributed by atoms with Crippen molar-refractivity contribution in [1.82, 2.24) is 4.57 Å². The first-order valence-corrected chi connectivity index (χ1v) is 7.40. The molecule has 112 valence electrons. The number of amides is 1. The SMILES string of the molecule is COCCn1cc(C)s/c1=N\C(=O)c1ccc(F)cc1Cl. The van der Waals surface area contributed by atoms with Gasteiger partial charge in [0.25, 0.3) is 5.91 Å². The normalized spacial score (nSPS) is 11.9. The van der Waals surface area contributed by atoms with Gasteiger partial charge in [0.15, 0.2) is 4.80 Å². The lowest BCUT2D eigenvalue weighted by atomic mass is 10.2. The zero-order chi connectivity index (χ0) is 15.4. The summed E-state index contributed by atoms with van der Waals surface area (Å²) >= 11 is 7.27. The molecule has 1 aromatic heterocycles. The van der Waals surface area contributed by atoms with E-state index in [9.17, 15) is 9.18 Å². The van der Waals surface area contributed by atoms with Crippen LogP contribution in [0.5, 0.6) is 0 Å². The van der Waals surface area contributed by atoms with Gasteiger partial charge < -0.3 is 9.30 Å². The molecule has 4 nitrogen and oxygen atoms in total. The Morgan fingerprint density at radius 3 is 2.95 bits per heavy atom. The first-order valence-electron chi connectivity index (χ1n) is 6.21. The van der Waals surface area contributed by atoms with Crippen molar-refractivity contribution < 1.29 is 13.9 Å². The van der Waals surface area contributed by atoms with Gasteiger partial charge in [0.05, 0.1) is 17.2 Å². The standard InChI is InChI=1S/C14H14ClFN2O2S/c1-9-8-18(5-6-20-2)14(21-9)17-13(19)11-4-3-10(16)7-12(11)15/h3-4,7-8H,5-6H2,1-2H3/b17-14-. The van der Waals surface area contributed by atoms with Gasteiger partial charge in [-0.1, -0.05) is 11.6 Å². The molecule has 0 spiro atoms. The van der Waals surface area contributed by atoms with Gasteiger partial charge in [-0.15, -0.1) is 11.3 Å². The summed E-state index contributed by atoms with van der Waals surface area (Å²) in [6, 6.07) is 3.62. The van der Waals surface area contributed by atoms with Crippen molar-refractivity contribution in [2.75, 3.05) is 13.7 Å². The minimum absolute atomic E-state index is 0.0560.